The van der Waals surface area contributed by atoms with Gasteiger partial charge in [0, 0.05) is 28.1 Å². The van der Waals surface area contributed by atoms with E-state index in [1.807, 2.05) is 6.07 Å². The van der Waals surface area contributed by atoms with Crippen molar-refractivity contribution < 1.29 is 4.79 Å². The molecule has 1 saturated heterocycles. The third-order valence-electron chi connectivity index (χ3n) is 4.30. The van der Waals surface area contributed by atoms with E-state index in [1.54, 1.807) is 29.1 Å². The highest BCUT2D eigenvalue weighted by Crippen LogP contribution is 2.23. The molecule has 1 aromatic heterocycles. The average Bonchev–Trinajstić information content (AvgIpc) is 2.97. The number of rotatable bonds is 4. The summed E-state index contributed by atoms with van der Waals surface area (Å²) in [5.41, 5.74) is 0.899. The van der Waals surface area contributed by atoms with Crippen LogP contribution in [-0.2, 0) is 11.3 Å². The van der Waals surface area contributed by atoms with Crippen molar-refractivity contribution >= 4 is 34.9 Å². The van der Waals surface area contributed by atoms with Crippen molar-refractivity contribution in [2.24, 2.45) is 5.92 Å². The second kappa shape index (κ2) is 7.55. The van der Waals surface area contributed by atoms with Crippen LogP contribution in [0, 0.1) is 5.92 Å². The predicted molar refractivity (Wildman–Crippen MR) is 96.6 cm³/mol. The second-order valence-corrected chi connectivity index (χ2v) is 7.02. The first-order valence-corrected chi connectivity index (χ1v) is 8.78. The zero-order chi connectivity index (χ0) is 17.1. The summed E-state index contributed by atoms with van der Waals surface area (Å²) in [6, 6.07) is 7.53. The molecule has 2 atom stereocenters. The van der Waals surface area contributed by atoms with Gasteiger partial charge in [-0.05, 0) is 44.0 Å². The summed E-state index contributed by atoms with van der Waals surface area (Å²) in [5, 5.41) is 11.8. The molecule has 1 aromatic carbocycles. The summed E-state index contributed by atoms with van der Waals surface area (Å²) in [6.07, 6.45) is 3.38. The first-order valence-electron chi connectivity index (χ1n) is 8.03. The van der Waals surface area contributed by atoms with Gasteiger partial charge in [0.1, 0.15) is 5.82 Å². The smallest absolute Gasteiger partial charge is 0.228 e. The van der Waals surface area contributed by atoms with Crippen LogP contribution in [0.3, 0.4) is 0 Å². The number of carbonyl (C=O) groups excluding carboxylic acids is 1. The van der Waals surface area contributed by atoms with Crippen molar-refractivity contribution in [2.75, 3.05) is 11.9 Å². The lowest BCUT2D eigenvalue weighted by molar-refractivity contribution is -0.120. The summed E-state index contributed by atoms with van der Waals surface area (Å²) in [5.74, 6) is 0.758. The number of halogens is 2. The Morgan fingerprint density at radius 2 is 2.25 bits per heavy atom. The van der Waals surface area contributed by atoms with E-state index in [9.17, 15) is 4.79 Å². The molecule has 0 saturated carbocycles. The second-order valence-electron chi connectivity index (χ2n) is 6.18. The molecule has 1 fully saturated rings. The standard InChI is InChI=1S/C17H20Cl2N4O/c1-11-8-12(4-6-20-11)17(24)22-16-5-7-21-23(16)10-13-2-3-14(18)9-15(13)19/h2-3,5,7,9,11-12,20H,4,6,8,10H2,1H3,(H,22,24)/t11-,12-/m0/s1. The summed E-state index contributed by atoms with van der Waals surface area (Å²) in [4.78, 5) is 12.5. The molecule has 2 aromatic rings. The number of aromatic nitrogens is 2. The Morgan fingerprint density at radius 3 is 3.00 bits per heavy atom. The van der Waals surface area contributed by atoms with E-state index >= 15 is 0 Å². The van der Waals surface area contributed by atoms with E-state index in [0.29, 0.717) is 28.4 Å². The number of nitrogens with one attached hydrogen (secondary N) is 2. The van der Waals surface area contributed by atoms with E-state index < -0.39 is 0 Å². The van der Waals surface area contributed by atoms with Crippen LogP contribution in [0.25, 0.3) is 0 Å². The summed E-state index contributed by atoms with van der Waals surface area (Å²) < 4.78 is 1.73. The van der Waals surface area contributed by atoms with Gasteiger partial charge in [0.15, 0.2) is 0 Å². The summed E-state index contributed by atoms with van der Waals surface area (Å²) in [7, 11) is 0. The molecule has 24 heavy (non-hydrogen) atoms. The molecule has 0 aliphatic carbocycles. The van der Waals surface area contributed by atoms with E-state index in [1.165, 1.54) is 0 Å². The minimum absolute atomic E-state index is 0.0312. The molecule has 0 unspecified atom stereocenters. The van der Waals surface area contributed by atoms with E-state index in [-0.39, 0.29) is 11.8 Å². The Bertz CT molecular complexity index is 731. The fourth-order valence-electron chi connectivity index (χ4n) is 2.97. The Hall–Kier alpha value is -1.56. The van der Waals surface area contributed by atoms with Crippen LogP contribution in [0.15, 0.2) is 30.5 Å². The molecule has 0 radical (unpaired) electrons. The van der Waals surface area contributed by atoms with Gasteiger partial charge in [-0.3, -0.25) is 4.79 Å². The summed E-state index contributed by atoms with van der Waals surface area (Å²) in [6.45, 7) is 3.45. The quantitative estimate of drug-likeness (QED) is 0.869. The number of nitrogens with zero attached hydrogens (tertiary/aromatic N) is 2. The molecule has 7 heteroatoms. The molecule has 0 bridgehead atoms. The Kier molecular flexibility index (Phi) is 5.43. The number of anilines is 1. The number of benzene rings is 1. The van der Waals surface area contributed by atoms with Crippen molar-refractivity contribution in [2.45, 2.75) is 32.4 Å². The van der Waals surface area contributed by atoms with Gasteiger partial charge in [0.25, 0.3) is 0 Å². The molecule has 1 amide bonds. The van der Waals surface area contributed by atoms with Crippen molar-refractivity contribution in [3.63, 3.8) is 0 Å². The maximum Gasteiger partial charge on any atom is 0.228 e. The normalized spacial score (nSPS) is 20.8. The monoisotopic (exact) mass is 366 g/mol. The number of hydrogen-bond donors (Lipinski definition) is 2. The van der Waals surface area contributed by atoms with Crippen LogP contribution in [0.4, 0.5) is 5.82 Å². The molecule has 1 aliphatic rings. The van der Waals surface area contributed by atoms with Crippen LogP contribution < -0.4 is 10.6 Å². The maximum absolute atomic E-state index is 12.5. The minimum Gasteiger partial charge on any atom is -0.314 e. The highest BCUT2D eigenvalue weighted by molar-refractivity contribution is 6.35. The van der Waals surface area contributed by atoms with Crippen LogP contribution in [-0.4, -0.2) is 28.3 Å². The third-order valence-corrected chi connectivity index (χ3v) is 4.88. The topological polar surface area (TPSA) is 59.0 Å². The van der Waals surface area contributed by atoms with E-state index in [0.717, 1.165) is 24.9 Å². The van der Waals surface area contributed by atoms with Crippen molar-refractivity contribution in [1.29, 1.82) is 0 Å². The largest absolute Gasteiger partial charge is 0.314 e. The molecule has 0 spiro atoms. The van der Waals surface area contributed by atoms with Gasteiger partial charge < -0.3 is 10.6 Å². The molecular weight excluding hydrogens is 347 g/mol. The number of hydrogen-bond acceptors (Lipinski definition) is 3. The first kappa shape index (κ1) is 17.3. The van der Waals surface area contributed by atoms with E-state index in [4.69, 9.17) is 23.2 Å². The third kappa shape index (κ3) is 4.09. The zero-order valence-electron chi connectivity index (χ0n) is 13.4. The van der Waals surface area contributed by atoms with Gasteiger partial charge in [-0.25, -0.2) is 4.68 Å². The minimum atomic E-state index is 0.0312. The Morgan fingerprint density at radius 1 is 1.42 bits per heavy atom. The van der Waals surface area contributed by atoms with Crippen molar-refractivity contribution in [3.8, 4) is 0 Å². The highest BCUT2D eigenvalue weighted by Gasteiger charge is 2.25. The van der Waals surface area contributed by atoms with Gasteiger partial charge in [0.05, 0.1) is 12.7 Å². The lowest BCUT2D eigenvalue weighted by Crippen LogP contribution is -2.40. The van der Waals surface area contributed by atoms with Gasteiger partial charge in [-0.15, -0.1) is 0 Å². The highest BCUT2D eigenvalue weighted by atomic mass is 35.5. The number of carbonyl (C=O) groups is 1. The fraction of sp³-hybridized carbons (Fsp3) is 0.412. The molecule has 128 valence electrons. The Labute approximate surface area is 151 Å². The molecular formula is C17H20Cl2N4O. The predicted octanol–water partition coefficient (Wildman–Crippen LogP) is 3.56. The van der Waals surface area contributed by atoms with Gasteiger partial charge in [-0.1, -0.05) is 29.3 Å². The average molecular weight is 367 g/mol. The lowest BCUT2D eigenvalue weighted by Gasteiger charge is -2.27. The van der Waals surface area contributed by atoms with Gasteiger partial charge in [-0.2, -0.15) is 5.10 Å². The Balaban J connectivity index is 1.70. The molecule has 2 heterocycles. The molecule has 5 nitrogen and oxygen atoms in total. The van der Waals surface area contributed by atoms with E-state index in [2.05, 4.69) is 22.7 Å². The van der Waals surface area contributed by atoms with Crippen molar-refractivity contribution in [1.82, 2.24) is 15.1 Å². The van der Waals surface area contributed by atoms with Crippen LogP contribution in [0.5, 0.6) is 0 Å². The summed E-state index contributed by atoms with van der Waals surface area (Å²) >= 11 is 12.2. The fourth-order valence-corrected chi connectivity index (χ4v) is 3.44. The molecule has 2 N–H and O–H groups in total. The number of amides is 1. The first-order chi connectivity index (χ1) is 11.5. The van der Waals surface area contributed by atoms with Gasteiger partial charge >= 0.3 is 0 Å². The molecule has 3 rings (SSSR count). The van der Waals surface area contributed by atoms with Gasteiger partial charge in [0.2, 0.25) is 5.91 Å². The number of piperidine rings is 1. The zero-order valence-corrected chi connectivity index (χ0v) is 14.9. The van der Waals surface area contributed by atoms with Crippen LogP contribution in [0.1, 0.15) is 25.3 Å². The maximum atomic E-state index is 12.5. The SMILES string of the molecule is C[C@H]1C[C@@H](C(=O)Nc2ccnn2Cc2ccc(Cl)cc2Cl)CCN1. The lowest BCUT2D eigenvalue weighted by atomic mass is 9.92. The van der Waals surface area contributed by atoms with Crippen LogP contribution >= 0.6 is 23.2 Å². The van der Waals surface area contributed by atoms with Crippen molar-refractivity contribution in [3.05, 3.63) is 46.1 Å². The van der Waals surface area contributed by atoms with Crippen LogP contribution in [0.2, 0.25) is 10.0 Å². The molecule has 1 aliphatic heterocycles.